The molecular weight excluding hydrogens is 411 g/mol. The number of benzene rings is 1. The lowest BCUT2D eigenvalue weighted by Gasteiger charge is -2.34. The molecule has 2 heterocycles. The summed E-state index contributed by atoms with van der Waals surface area (Å²) in [6, 6.07) is 6.59. The third-order valence-electron chi connectivity index (χ3n) is 4.70. The van der Waals surface area contributed by atoms with Crippen LogP contribution in [0.3, 0.4) is 0 Å². The first-order chi connectivity index (χ1) is 14.4. The van der Waals surface area contributed by atoms with Gasteiger partial charge in [-0.2, -0.15) is 0 Å². The number of thioether (sulfide) groups is 1. The normalized spacial score (nSPS) is 14.6. The Morgan fingerprint density at radius 1 is 1.23 bits per heavy atom. The number of carbonyl (C=O) groups excluding carboxylic acids is 2. The SMILES string of the molecule is COc1ccc(CN2CCN(C(=O)CSCC(=O)Nc3cc(C)on3)CC2)cc1F. The van der Waals surface area contributed by atoms with Gasteiger partial charge in [-0.3, -0.25) is 14.5 Å². The van der Waals surface area contributed by atoms with Gasteiger partial charge in [-0.25, -0.2) is 4.39 Å². The molecule has 0 aliphatic carbocycles. The molecule has 0 radical (unpaired) electrons. The van der Waals surface area contributed by atoms with Gasteiger partial charge >= 0.3 is 0 Å². The molecule has 1 saturated heterocycles. The summed E-state index contributed by atoms with van der Waals surface area (Å²) in [4.78, 5) is 28.3. The number of hydrogen-bond donors (Lipinski definition) is 1. The summed E-state index contributed by atoms with van der Waals surface area (Å²) < 4.78 is 23.7. The Hall–Kier alpha value is -2.59. The molecule has 1 aromatic heterocycles. The van der Waals surface area contributed by atoms with Crippen molar-refractivity contribution < 1.29 is 23.2 Å². The molecule has 10 heteroatoms. The first-order valence-electron chi connectivity index (χ1n) is 9.58. The number of halogens is 1. The van der Waals surface area contributed by atoms with Gasteiger partial charge in [0.05, 0.1) is 18.6 Å². The first kappa shape index (κ1) is 22.1. The number of piperazine rings is 1. The third-order valence-corrected chi connectivity index (χ3v) is 5.62. The van der Waals surface area contributed by atoms with E-state index in [1.807, 2.05) is 6.07 Å². The second-order valence-electron chi connectivity index (χ2n) is 6.99. The van der Waals surface area contributed by atoms with Crippen LogP contribution in [0.4, 0.5) is 10.2 Å². The van der Waals surface area contributed by atoms with E-state index in [2.05, 4.69) is 15.4 Å². The number of carbonyl (C=O) groups is 2. The summed E-state index contributed by atoms with van der Waals surface area (Å²) in [6.45, 7) is 5.03. The number of aryl methyl sites for hydroxylation is 1. The second kappa shape index (κ2) is 10.4. The maximum atomic E-state index is 13.8. The van der Waals surface area contributed by atoms with E-state index in [0.717, 1.165) is 18.7 Å². The molecule has 1 aliphatic heterocycles. The van der Waals surface area contributed by atoms with E-state index in [0.29, 0.717) is 31.2 Å². The van der Waals surface area contributed by atoms with Gasteiger partial charge in [-0.15, -0.1) is 11.8 Å². The summed E-state index contributed by atoms with van der Waals surface area (Å²) in [5, 5.41) is 6.33. The summed E-state index contributed by atoms with van der Waals surface area (Å²) >= 11 is 1.27. The number of amides is 2. The molecule has 0 atom stereocenters. The van der Waals surface area contributed by atoms with E-state index in [4.69, 9.17) is 9.26 Å². The minimum Gasteiger partial charge on any atom is -0.494 e. The van der Waals surface area contributed by atoms with Crippen LogP contribution in [-0.4, -0.2) is 71.6 Å². The van der Waals surface area contributed by atoms with Crippen LogP contribution in [0.5, 0.6) is 5.75 Å². The summed E-state index contributed by atoms with van der Waals surface area (Å²) in [5.74, 6) is 1.05. The number of ether oxygens (including phenoxy) is 1. The van der Waals surface area contributed by atoms with Gasteiger partial charge in [-0.05, 0) is 24.6 Å². The van der Waals surface area contributed by atoms with Crippen LogP contribution in [0.25, 0.3) is 0 Å². The van der Waals surface area contributed by atoms with Crippen molar-refractivity contribution in [2.24, 2.45) is 0 Å². The molecule has 0 spiro atoms. The Morgan fingerprint density at radius 2 is 2.00 bits per heavy atom. The third kappa shape index (κ3) is 6.20. The Morgan fingerprint density at radius 3 is 2.63 bits per heavy atom. The van der Waals surface area contributed by atoms with Crippen LogP contribution >= 0.6 is 11.8 Å². The fourth-order valence-corrected chi connectivity index (χ4v) is 3.87. The maximum Gasteiger partial charge on any atom is 0.235 e. The van der Waals surface area contributed by atoms with E-state index in [1.54, 1.807) is 24.0 Å². The van der Waals surface area contributed by atoms with Crippen LogP contribution < -0.4 is 10.1 Å². The van der Waals surface area contributed by atoms with Crippen molar-refractivity contribution >= 4 is 29.4 Å². The van der Waals surface area contributed by atoms with Gasteiger partial charge in [0.1, 0.15) is 5.76 Å². The van der Waals surface area contributed by atoms with Crippen molar-refractivity contribution in [1.29, 1.82) is 0 Å². The first-order valence-corrected chi connectivity index (χ1v) is 10.7. The number of nitrogens with zero attached hydrogens (tertiary/aromatic N) is 3. The number of nitrogens with one attached hydrogen (secondary N) is 1. The Kier molecular flexibility index (Phi) is 7.69. The average Bonchev–Trinajstić information content (AvgIpc) is 3.13. The molecule has 1 N–H and O–H groups in total. The van der Waals surface area contributed by atoms with E-state index in [9.17, 15) is 14.0 Å². The van der Waals surface area contributed by atoms with Gasteiger partial charge in [0.15, 0.2) is 17.4 Å². The fraction of sp³-hybridized carbons (Fsp3) is 0.450. The molecule has 0 unspecified atom stereocenters. The molecular formula is C20H25FN4O4S. The lowest BCUT2D eigenvalue weighted by atomic mass is 10.2. The second-order valence-corrected chi connectivity index (χ2v) is 7.98. The lowest BCUT2D eigenvalue weighted by Crippen LogP contribution is -2.48. The smallest absolute Gasteiger partial charge is 0.235 e. The quantitative estimate of drug-likeness (QED) is 0.678. The Balaban J connectivity index is 1.35. The number of methoxy groups -OCH3 is 1. The van der Waals surface area contributed by atoms with Gasteiger partial charge in [-0.1, -0.05) is 11.2 Å². The van der Waals surface area contributed by atoms with E-state index < -0.39 is 0 Å². The zero-order valence-electron chi connectivity index (χ0n) is 17.0. The van der Waals surface area contributed by atoms with Crippen LogP contribution in [-0.2, 0) is 16.1 Å². The van der Waals surface area contributed by atoms with Crippen molar-refractivity contribution in [3.8, 4) is 5.75 Å². The molecule has 162 valence electrons. The highest BCUT2D eigenvalue weighted by molar-refractivity contribution is 8.00. The topological polar surface area (TPSA) is 87.9 Å². The molecule has 2 amide bonds. The van der Waals surface area contributed by atoms with Crippen molar-refractivity contribution in [2.45, 2.75) is 13.5 Å². The molecule has 0 bridgehead atoms. The van der Waals surface area contributed by atoms with Crippen LogP contribution in [0, 0.1) is 12.7 Å². The summed E-state index contributed by atoms with van der Waals surface area (Å²) in [7, 11) is 1.44. The van der Waals surface area contributed by atoms with E-state index in [-0.39, 0.29) is 34.9 Å². The number of aromatic nitrogens is 1. The van der Waals surface area contributed by atoms with Crippen molar-refractivity contribution in [2.75, 3.05) is 50.1 Å². The monoisotopic (exact) mass is 436 g/mol. The zero-order valence-corrected chi connectivity index (χ0v) is 17.8. The fourth-order valence-electron chi connectivity index (χ4n) is 3.15. The van der Waals surface area contributed by atoms with Gasteiger partial charge in [0, 0.05) is 38.8 Å². The number of hydrogen-bond acceptors (Lipinski definition) is 7. The predicted molar refractivity (Wildman–Crippen MR) is 112 cm³/mol. The zero-order chi connectivity index (χ0) is 21.5. The molecule has 1 aliphatic rings. The molecule has 0 saturated carbocycles. The molecule has 30 heavy (non-hydrogen) atoms. The highest BCUT2D eigenvalue weighted by Gasteiger charge is 2.21. The highest BCUT2D eigenvalue weighted by atomic mass is 32.2. The number of rotatable bonds is 8. The predicted octanol–water partition coefficient (Wildman–Crippen LogP) is 2.15. The average molecular weight is 437 g/mol. The lowest BCUT2D eigenvalue weighted by molar-refractivity contribution is -0.130. The molecule has 2 aromatic rings. The van der Waals surface area contributed by atoms with Crippen molar-refractivity contribution in [3.63, 3.8) is 0 Å². The van der Waals surface area contributed by atoms with Crippen molar-refractivity contribution in [1.82, 2.24) is 15.0 Å². The highest BCUT2D eigenvalue weighted by Crippen LogP contribution is 2.19. The van der Waals surface area contributed by atoms with Crippen molar-refractivity contribution in [3.05, 3.63) is 41.4 Å². The van der Waals surface area contributed by atoms with Crippen LogP contribution in [0.2, 0.25) is 0 Å². The van der Waals surface area contributed by atoms with Gasteiger partial charge < -0.3 is 19.5 Å². The summed E-state index contributed by atoms with van der Waals surface area (Å²) in [6.07, 6.45) is 0. The van der Waals surface area contributed by atoms with Gasteiger partial charge in [0.25, 0.3) is 0 Å². The molecule has 1 aromatic carbocycles. The summed E-state index contributed by atoms with van der Waals surface area (Å²) in [5.41, 5.74) is 0.872. The molecule has 1 fully saturated rings. The van der Waals surface area contributed by atoms with Crippen LogP contribution in [0.15, 0.2) is 28.8 Å². The molecule has 8 nitrogen and oxygen atoms in total. The Bertz CT molecular complexity index is 883. The largest absolute Gasteiger partial charge is 0.494 e. The standard InChI is InChI=1S/C20H25FN4O4S/c1-14-9-18(23-29-14)22-19(26)12-30-13-20(27)25-7-5-24(6-8-25)11-15-3-4-17(28-2)16(21)10-15/h3-4,9-10H,5-8,11-13H2,1-2H3,(H,22,23,26). The van der Waals surface area contributed by atoms with Gasteiger partial charge in [0.2, 0.25) is 11.8 Å². The minimum absolute atomic E-state index is 0.0141. The minimum atomic E-state index is -0.372. The number of anilines is 1. The molecule has 3 rings (SSSR count). The van der Waals surface area contributed by atoms with E-state index in [1.165, 1.54) is 24.9 Å². The van der Waals surface area contributed by atoms with E-state index >= 15 is 0 Å². The Labute approximate surface area is 178 Å². The van der Waals surface area contributed by atoms with Crippen LogP contribution in [0.1, 0.15) is 11.3 Å². The maximum absolute atomic E-state index is 13.8.